The SMILES string of the molecule is CC(C)(CO)COCC(C)(C)COC(=O)OCC(C)(C)COCC(C)(C)COC(=O)OCCCCCCO. The summed E-state index contributed by atoms with van der Waals surface area (Å²) in [4.78, 5) is 23.9. The molecule has 0 aromatic carbocycles. The molecule has 0 amide bonds. The Morgan fingerprint density at radius 1 is 0.500 bits per heavy atom. The van der Waals surface area contributed by atoms with Crippen LogP contribution in [0.5, 0.6) is 0 Å². The van der Waals surface area contributed by atoms with E-state index >= 15 is 0 Å². The molecular formula is C28H54O10. The Hall–Kier alpha value is -1.62. The number of unbranched alkanes of at least 4 members (excludes halogenated alkanes) is 3. The summed E-state index contributed by atoms with van der Waals surface area (Å²) in [5.41, 5.74) is -1.59. The lowest BCUT2D eigenvalue weighted by molar-refractivity contribution is -0.0516. The van der Waals surface area contributed by atoms with Crippen LogP contribution in [0.2, 0.25) is 0 Å². The molecule has 10 heteroatoms. The standard InChI is InChI=1S/C28H54O10/c1-25(2,15-30)16-33-17-26(3,4)21-37-24(32)38-22-28(7,8)19-34-18-27(5,6)20-36-23(31)35-14-12-10-9-11-13-29/h29-30H,9-22H2,1-8H3. The van der Waals surface area contributed by atoms with Crippen LogP contribution < -0.4 is 0 Å². The van der Waals surface area contributed by atoms with Crippen LogP contribution in [0.25, 0.3) is 0 Å². The van der Waals surface area contributed by atoms with Gasteiger partial charge in [0, 0.05) is 28.3 Å². The zero-order chi connectivity index (χ0) is 29.3. The molecule has 0 aromatic heterocycles. The van der Waals surface area contributed by atoms with E-state index in [-0.39, 0.29) is 38.4 Å². The minimum atomic E-state index is -0.748. The second-order valence-corrected chi connectivity index (χ2v) is 13.2. The predicted octanol–water partition coefficient (Wildman–Crippen LogP) is 4.98. The molecular weight excluding hydrogens is 496 g/mol. The van der Waals surface area contributed by atoms with E-state index in [0.29, 0.717) is 33.0 Å². The highest BCUT2D eigenvalue weighted by atomic mass is 16.7. The van der Waals surface area contributed by atoms with Crippen molar-refractivity contribution in [2.45, 2.75) is 81.1 Å². The summed E-state index contributed by atoms with van der Waals surface area (Å²) in [6.07, 6.45) is 1.84. The first kappa shape index (κ1) is 36.4. The van der Waals surface area contributed by atoms with Gasteiger partial charge in [0.05, 0.1) is 39.6 Å². The maximum Gasteiger partial charge on any atom is 0.508 e. The highest BCUT2D eigenvalue weighted by Crippen LogP contribution is 2.22. The van der Waals surface area contributed by atoms with Gasteiger partial charge in [0.2, 0.25) is 0 Å². The molecule has 0 atom stereocenters. The summed E-state index contributed by atoms with van der Waals surface area (Å²) in [5, 5.41) is 18.1. The molecule has 0 rings (SSSR count). The lowest BCUT2D eigenvalue weighted by Crippen LogP contribution is -2.33. The fourth-order valence-electron chi connectivity index (χ4n) is 2.95. The maximum absolute atomic E-state index is 12.1. The average molecular weight is 551 g/mol. The predicted molar refractivity (Wildman–Crippen MR) is 144 cm³/mol. The maximum atomic E-state index is 12.1. The first-order valence-corrected chi connectivity index (χ1v) is 13.5. The Bertz CT molecular complexity index is 658. The number of ether oxygens (including phenoxy) is 6. The normalized spacial score (nSPS) is 12.8. The third-order valence-electron chi connectivity index (χ3n) is 5.41. The van der Waals surface area contributed by atoms with Crippen molar-refractivity contribution in [1.82, 2.24) is 0 Å². The number of hydrogen-bond donors (Lipinski definition) is 2. The minimum Gasteiger partial charge on any atom is -0.434 e. The van der Waals surface area contributed by atoms with Gasteiger partial charge in [-0.15, -0.1) is 0 Å². The van der Waals surface area contributed by atoms with Crippen LogP contribution in [0.4, 0.5) is 9.59 Å². The van der Waals surface area contributed by atoms with Crippen molar-refractivity contribution in [2.75, 3.05) is 66.1 Å². The van der Waals surface area contributed by atoms with Crippen LogP contribution in [0, 0.1) is 21.7 Å². The smallest absolute Gasteiger partial charge is 0.434 e. The van der Waals surface area contributed by atoms with Crippen LogP contribution in [0.1, 0.15) is 81.1 Å². The van der Waals surface area contributed by atoms with Gasteiger partial charge in [-0.25, -0.2) is 9.59 Å². The fraction of sp³-hybridized carbons (Fsp3) is 0.929. The molecule has 10 nitrogen and oxygen atoms in total. The third-order valence-corrected chi connectivity index (χ3v) is 5.41. The van der Waals surface area contributed by atoms with Gasteiger partial charge < -0.3 is 38.6 Å². The lowest BCUT2D eigenvalue weighted by Gasteiger charge is -2.29. The number of hydrogen-bond acceptors (Lipinski definition) is 10. The summed E-state index contributed by atoms with van der Waals surface area (Å²) in [6.45, 7) is 17.8. The zero-order valence-corrected chi connectivity index (χ0v) is 25.1. The third kappa shape index (κ3) is 20.4. The fourth-order valence-corrected chi connectivity index (χ4v) is 2.95. The molecule has 0 bridgehead atoms. The van der Waals surface area contributed by atoms with Crippen LogP contribution in [0.15, 0.2) is 0 Å². The Morgan fingerprint density at radius 3 is 1.26 bits per heavy atom. The number of carbonyl (C=O) groups is 2. The van der Waals surface area contributed by atoms with E-state index in [2.05, 4.69) is 0 Å². The van der Waals surface area contributed by atoms with Crippen LogP contribution in [0.3, 0.4) is 0 Å². The average Bonchev–Trinajstić information content (AvgIpc) is 2.82. The first-order valence-electron chi connectivity index (χ1n) is 13.5. The molecule has 0 saturated carbocycles. The Balaban J connectivity index is 4.16. The van der Waals surface area contributed by atoms with Gasteiger partial charge in [-0.1, -0.05) is 61.8 Å². The van der Waals surface area contributed by atoms with E-state index in [0.717, 1.165) is 25.7 Å². The molecule has 2 N–H and O–H groups in total. The van der Waals surface area contributed by atoms with Crippen molar-refractivity contribution < 1.29 is 48.2 Å². The summed E-state index contributed by atoms with van der Waals surface area (Å²) in [6, 6.07) is 0. The second kappa shape index (κ2) is 17.9. The molecule has 0 fully saturated rings. The van der Waals surface area contributed by atoms with Crippen LogP contribution >= 0.6 is 0 Å². The molecule has 0 aliphatic rings. The van der Waals surface area contributed by atoms with E-state index in [1.807, 2.05) is 55.4 Å². The minimum absolute atomic E-state index is 0.0312. The number of aliphatic hydroxyl groups excluding tert-OH is 2. The van der Waals surface area contributed by atoms with Crippen molar-refractivity contribution >= 4 is 12.3 Å². The molecule has 0 heterocycles. The van der Waals surface area contributed by atoms with Gasteiger partial charge in [0.1, 0.15) is 19.8 Å². The summed E-state index contributed by atoms with van der Waals surface area (Å²) in [5.74, 6) is 0. The topological polar surface area (TPSA) is 130 Å². The molecule has 0 unspecified atom stereocenters. The van der Waals surface area contributed by atoms with Gasteiger partial charge in [-0.2, -0.15) is 0 Å². The molecule has 0 spiro atoms. The van der Waals surface area contributed by atoms with Crippen LogP contribution in [-0.2, 0) is 28.4 Å². The number of aliphatic hydroxyl groups is 2. The van der Waals surface area contributed by atoms with E-state index in [1.54, 1.807) is 0 Å². The number of rotatable bonds is 21. The molecule has 0 aromatic rings. The van der Waals surface area contributed by atoms with E-state index in [4.69, 9.17) is 33.5 Å². The highest BCUT2D eigenvalue weighted by molar-refractivity contribution is 5.60. The van der Waals surface area contributed by atoms with Crippen molar-refractivity contribution in [3.63, 3.8) is 0 Å². The quantitative estimate of drug-likeness (QED) is 0.149. The monoisotopic (exact) mass is 550 g/mol. The van der Waals surface area contributed by atoms with Gasteiger partial charge in [0.25, 0.3) is 0 Å². The van der Waals surface area contributed by atoms with Crippen LogP contribution in [-0.4, -0.2) is 88.6 Å². The molecule has 0 aliphatic carbocycles. The van der Waals surface area contributed by atoms with Crippen molar-refractivity contribution in [2.24, 2.45) is 21.7 Å². The molecule has 38 heavy (non-hydrogen) atoms. The zero-order valence-electron chi connectivity index (χ0n) is 25.1. The van der Waals surface area contributed by atoms with Gasteiger partial charge in [0.15, 0.2) is 0 Å². The lowest BCUT2D eigenvalue weighted by atomic mass is 9.94. The van der Waals surface area contributed by atoms with Gasteiger partial charge in [-0.3, -0.25) is 0 Å². The summed E-state index contributed by atoms with van der Waals surface area (Å²) in [7, 11) is 0. The second-order valence-electron chi connectivity index (χ2n) is 13.2. The van der Waals surface area contributed by atoms with Crippen molar-refractivity contribution in [3.05, 3.63) is 0 Å². The van der Waals surface area contributed by atoms with E-state index in [1.165, 1.54) is 0 Å². The molecule has 226 valence electrons. The van der Waals surface area contributed by atoms with E-state index < -0.39 is 28.6 Å². The van der Waals surface area contributed by atoms with Gasteiger partial charge in [-0.05, 0) is 19.3 Å². The Kier molecular flexibility index (Phi) is 17.1. The van der Waals surface area contributed by atoms with E-state index in [9.17, 15) is 14.7 Å². The summed E-state index contributed by atoms with van der Waals surface area (Å²) < 4.78 is 32.4. The number of carbonyl (C=O) groups excluding carboxylic acids is 2. The van der Waals surface area contributed by atoms with Crippen molar-refractivity contribution in [1.29, 1.82) is 0 Å². The van der Waals surface area contributed by atoms with Gasteiger partial charge >= 0.3 is 12.3 Å². The molecule has 0 saturated heterocycles. The summed E-state index contributed by atoms with van der Waals surface area (Å²) >= 11 is 0. The molecule has 0 radical (unpaired) electrons. The first-order chi connectivity index (χ1) is 17.5. The largest absolute Gasteiger partial charge is 0.508 e. The Labute approximate surface area is 229 Å². The van der Waals surface area contributed by atoms with Crippen molar-refractivity contribution in [3.8, 4) is 0 Å². The highest BCUT2D eigenvalue weighted by Gasteiger charge is 2.27. The molecule has 0 aliphatic heterocycles. The Morgan fingerprint density at radius 2 is 0.868 bits per heavy atom.